The second kappa shape index (κ2) is 7.67. The van der Waals surface area contributed by atoms with E-state index in [-0.39, 0.29) is 6.09 Å². The van der Waals surface area contributed by atoms with Crippen LogP contribution in [0.5, 0.6) is 0 Å². The summed E-state index contributed by atoms with van der Waals surface area (Å²) in [5, 5.41) is 6.12. The van der Waals surface area contributed by atoms with Crippen LogP contribution in [-0.4, -0.2) is 34.8 Å². The van der Waals surface area contributed by atoms with Crippen molar-refractivity contribution >= 4 is 11.8 Å². The van der Waals surface area contributed by atoms with Crippen LogP contribution < -0.4 is 10.6 Å². The first kappa shape index (κ1) is 16.9. The number of carbonyl (C=O) groups is 1. The molecular weight excluding hydrogens is 292 g/mol. The van der Waals surface area contributed by atoms with Gasteiger partial charge in [0, 0.05) is 36.7 Å². The maximum Gasteiger partial charge on any atom is 0.407 e. The minimum atomic E-state index is -0.468. The van der Waals surface area contributed by atoms with Gasteiger partial charge in [-0.05, 0) is 39.3 Å². The Morgan fingerprint density at radius 3 is 2.74 bits per heavy atom. The Balaban J connectivity index is 1.76. The molecule has 0 saturated heterocycles. The average Bonchev–Trinajstić information content (AvgIpc) is 2.99. The third-order valence-electron chi connectivity index (χ3n) is 3.02. The fourth-order valence-electron chi connectivity index (χ4n) is 2.07. The molecule has 3 N–H and O–H groups in total. The van der Waals surface area contributed by atoms with E-state index in [0.717, 1.165) is 30.0 Å². The van der Waals surface area contributed by atoms with E-state index < -0.39 is 5.60 Å². The van der Waals surface area contributed by atoms with E-state index >= 15 is 0 Å². The second-order valence-electron chi connectivity index (χ2n) is 6.19. The topological polar surface area (TPSA) is 79.0 Å². The number of hydrogen-bond acceptors (Lipinski definition) is 4. The van der Waals surface area contributed by atoms with Crippen LogP contribution in [-0.2, 0) is 4.74 Å². The van der Waals surface area contributed by atoms with Crippen molar-refractivity contribution in [3.63, 3.8) is 0 Å². The second-order valence-corrected chi connectivity index (χ2v) is 6.19. The summed E-state index contributed by atoms with van der Waals surface area (Å²) < 4.78 is 5.19. The fraction of sp³-hybridized carbons (Fsp3) is 0.412. The van der Waals surface area contributed by atoms with Gasteiger partial charge in [0.25, 0.3) is 0 Å². The number of amides is 1. The van der Waals surface area contributed by atoms with Crippen molar-refractivity contribution < 1.29 is 9.53 Å². The molecular formula is C17H24N4O2. The van der Waals surface area contributed by atoms with E-state index in [1.54, 1.807) is 12.4 Å². The SMILES string of the molecule is CC(C)(C)OC(=O)NCCCNc1ccccc1-c1ncc[nH]1. The van der Waals surface area contributed by atoms with Gasteiger partial charge in [0.05, 0.1) is 0 Å². The summed E-state index contributed by atoms with van der Waals surface area (Å²) in [6, 6.07) is 7.99. The van der Waals surface area contributed by atoms with Gasteiger partial charge in [-0.2, -0.15) is 0 Å². The molecule has 0 saturated carbocycles. The van der Waals surface area contributed by atoms with Crippen molar-refractivity contribution in [3.8, 4) is 11.4 Å². The van der Waals surface area contributed by atoms with Gasteiger partial charge in [0.15, 0.2) is 0 Å². The number of para-hydroxylation sites is 1. The predicted molar refractivity (Wildman–Crippen MR) is 91.4 cm³/mol. The third kappa shape index (κ3) is 5.65. The maximum absolute atomic E-state index is 11.5. The zero-order chi connectivity index (χ0) is 16.7. The van der Waals surface area contributed by atoms with Gasteiger partial charge in [0.2, 0.25) is 0 Å². The van der Waals surface area contributed by atoms with Crippen LogP contribution in [0.15, 0.2) is 36.7 Å². The zero-order valence-corrected chi connectivity index (χ0v) is 13.8. The van der Waals surface area contributed by atoms with Gasteiger partial charge in [-0.1, -0.05) is 12.1 Å². The van der Waals surface area contributed by atoms with Crippen LogP contribution in [0, 0.1) is 0 Å². The number of nitrogens with zero attached hydrogens (tertiary/aromatic N) is 1. The summed E-state index contributed by atoms with van der Waals surface area (Å²) >= 11 is 0. The Labute approximate surface area is 136 Å². The molecule has 0 aliphatic rings. The molecule has 1 amide bonds. The summed E-state index contributed by atoms with van der Waals surface area (Å²) in [7, 11) is 0. The van der Waals surface area contributed by atoms with E-state index in [4.69, 9.17) is 4.74 Å². The Morgan fingerprint density at radius 1 is 1.26 bits per heavy atom. The summed E-state index contributed by atoms with van der Waals surface area (Å²) in [5.74, 6) is 0.833. The number of hydrogen-bond donors (Lipinski definition) is 3. The molecule has 0 spiro atoms. The molecule has 0 radical (unpaired) electrons. The van der Waals surface area contributed by atoms with Crippen molar-refractivity contribution in [1.29, 1.82) is 0 Å². The number of rotatable bonds is 6. The number of imidazole rings is 1. The van der Waals surface area contributed by atoms with Crippen molar-refractivity contribution in [3.05, 3.63) is 36.7 Å². The molecule has 6 nitrogen and oxygen atoms in total. The molecule has 0 atom stereocenters. The van der Waals surface area contributed by atoms with E-state index in [2.05, 4.69) is 20.6 Å². The Morgan fingerprint density at radius 2 is 2.04 bits per heavy atom. The molecule has 1 aromatic heterocycles. The molecule has 0 fully saturated rings. The third-order valence-corrected chi connectivity index (χ3v) is 3.02. The molecule has 23 heavy (non-hydrogen) atoms. The largest absolute Gasteiger partial charge is 0.444 e. The lowest BCUT2D eigenvalue weighted by atomic mass is 10.1. The predicted octanol–water partition coefficient (Wildman–Crippen LogP) is 3.40. The smallest absolute Gasteiger partial charge is 0.407 e. The minimum absolute atomic E-state index is 0.381. The van der Waals surface area contributed by atoms with Crippen LogP contribution in [0.2, 0.25) is 0 Å². The number of aromatic nitrogens is 2. The number of benzene rings is 1. The standard InChI is InChI=1S/C17H24N4O2/c1-17(2,3)23-16(22)21-10-6-9-18-14-8-5-4-7-13(14)15-19-11-12-20-15/h4-5,7-8,11-12,18H,6,9-10H2,1-3H3,(H,19,20)(H,21,22). The fourth-order valence-corrected chi connectivity index (χ4v) is 2.07. The molecule has 124 valence electrons. The van der Waals surface area contributed by atoms with Gasteiger partial charge < -0.3 is 20.4 Å². The van der Waals surface area contributed by atoms with E-state index in [9.17, 15) is 4.79 Å². The monoisotopic (exact) mass is 316 g/mol. The maximum atomic E-state index is 11.5. The Kier molecular flexibility index (Phi) is 5.62. The number of ether oxygens (including phenoxy) is 1. The first-order chi connectivity index (χ1) is 11.0. The number of anilines is 1. The normalized spacial score (nSPS) is 11.1. The number of aromatic amines is 1. The van der Waals surface area contributed by atoms with E-state index in [0.29, 0.717) is 6.54 Å². The van der Waals surface area contributed by atoms with Crippen molar-refractivity contribution in [1.82, 2.24) is 15.3 Å². The van der Waals surface area contributed by atoms with Crippen molar-refractivity contribution in [2.75, 3.05) is 18.4 Å². The van der Waals surface area contributed by atoms with Crippen molar-refractivity contribution in [2.24, 2.45) is 0 Å². The van der Waals surface area contributed by atoms with Crippen LogP contribution in [0.3, 0.4) is 0 Å². The minimum Gasteiger partial charge on any atom is -0.444 e. The molecule has 1 aromatic carbocycles. The molecule has 6 heteroatoms. The highest BCUT2D eigenvalue weighted by Gasteiger charge is 2.15. The highest BCUT2D eigenvalue weighted by atomic mass is 16.6. The van der Waals surface area contributed by atoms with Gasteiger partial charge >= 0.3 is 6.09 Å². The van der Waals surface area contributed by atoms with Gasteiger partial charge in [-0.15, -0.1) is 0 Å². The van der Waals surface area contributed by atoms with Gasteiger partial charge in [-0.25, -0.2) is 9.78 Å². The number of carbonyl (C=O) groups excluding carboxylic acids is 1. The summed E-state index contributed by atoms with van der Waals surface area (Å²) in [5.41, 5.74) is 1.57. The summed E-state index contributed by atoms with van der Waals surface area (Å²) in [6.07, 6.45) is 3.95. The molecule has 0 aliphatic carbocycles. The first-order valence-corrected chi connectivity index (χ1v) is 7.75. The number of H-pyrrole nitrogens is 1. The highest BCUT2D eigenvalue weighted by molar-refractivity contribution is 5.73. The molecule has 2 rings (SSSR count). The zero-order valence-electron chi connectivity index (χ0n) is 13.8. The van der Waals surface area contributed by atoms with Crippen LogP contribution in [0.1, 0.15) is 27.2 Å². The highest BCUT2D eigenvalue weighted by Crippen LogP contribution is 2.24. The van der Waals surface area contributed by atoms with Gasteiger partial charge in [0.1, 0.15) is 11.4 Å². The molecule has 1 heterocycles. The lowest BCUT2D eigenvalue weighted by Gasteiger charge is -2.19. The van der Waals surface area contributed by atoms with Gasteiger partial charge in [-0.3, -0.25) is 0 Å². The quantitative estimate of drug-likeness (QED) is 0.714. The number of alkyl carbamates (subject to hydrolysis) is 1. The average molecular weight is 316 g/mol. The van der Waals surface area contributed by atoms with Crippen LogP contribution >= 0.6 is 0 Å². The lowest BCUT2D eigenvalue weighted by Crippen LogP contribution is -2.33. The summed E-state index contributed by atoms with van der Waals surface area (Å²) in [6.45, 7) is 6.84. The molecule has 0 aliphatic heterocycles. The Hall–Kier alpha value is -2.50. The van der Waals surface area contributed by atoms with Crippen molar-refractivity contribution in [2.45, 2.75) is 32.8 Å². The summed E-state index contributed by atoms with van der Waals surface area (Å²) in [4.78, 5) is 18.9. The Bertz CT molecular complexity index is 618. The molecule has 0 bridgehead atoms. The lowest BCUT2D eigenvalue weighted by molar-refractivity contribution is 0.0528. The molecule has 0 unspecified atom stereocenters. The van der Waals surface area contributed by atoms with E-state index in [1.807, 2.05) is 45.0 Å². The number of nitrogens with one attached hydrogen (secondary N) is 3. The van der Waals surface area contributed by atoms with E-state index in [1.165, 1.54) is 0 Å². The van der Waals surface area contributed by atoms with Crippen LogP contribution in [0.25, 0.3) is 11.4 Å². The molecule has 2 aromatic rings. The first-order valence-electron chi connectivity index (χ1n) is 7.75. The van der Waals surface area contributed by atoms with Crippen LogP contribution in [0.4, 0.5) is 10.5 Å².